The molecule has 0 radical (unpaired) electrons. The summed E-state index contributed by atoms with van der Waals surface area (Å²) in [6, 6.07) is 6.49. The van der Waals surface area contributed by atoms with Gasteiger partial charge in [0.15, 0.2) is 6.10 Å². The van der Waals surface area contributed by atoms with Crippen molar-refractivity contribution in [1.29, 1.82) is 0 Å². The first-order valence-electron chi connectivity index (χ1n) is 5.75. The zero-order chi connectivity index (χ0) is 12.7. The fourth-order valence-corrected chi connectivity index (χ4v) is 1.43. The number of aromatic hydroxyl groups is 1. The number of phenols is 1. The van der Waals surface area contributed by atoms with Crippen molar-refractivity contribution >= 4 is 5.97 Å². The summed E-state index contributed by atoms with van der Waals surface area (Å²) >= 11 is 0. The summed E-state index contributed by atoms with van der Waals surface area (Å²) in [6.07, 6.45) is 1.34. The van der Waals surface area contributed by atoms with Crippen LogP contribution in [0.5, 0.6) is 5.75 Å². The van der Waals surface area contributed by atoms with E-state index < -0.39 is 12.1 Å². The van der Waals surface area contributed by atoms with Gasteiger partial charge < -0.3 is 14.9 Å². The third-order valence-corrected chi connectivity index (χ3v) is 2.45. The van der Waals surface area contributed by atoms with Gasteiger partial charge in [0.2, 0.25) is 0 Å². The number of rotatable bonds is 7. The number of aliphatic carboxylic acids is 1. The molecular weight excluding hydrogens is 220 g/mol. The molecule has 1 atom stereocenters. The smallest absolute Gasteiger partial charge is 0.333 e. The molecule has 0 aliphatic carbocycles. The molecule has 0 fully saturated rings. The van der Waals surface area contributed by atoms with E-state index in [-0.39, 0.29) is 5.75 Å². The highest BCUT2D eigenvalue weighted by molar-refractivity contribution is 5.72. The Morgan fingerprint density at radius 2 is 2.00 bits per heavy atom. The Morgan fingerprint density at radius 3 is 2.53 bits per heavy atom. The molecule has 0 spiro atoms. The Labute approximate surface area is 101 Å². The van der Waals surface area contributed by atoms with Gasteiger partial charge in [0.1, 0.15) is 5.75 Å². The number of hydrogen-bond acceptors (Lipinski definition) is 3. The van der Waals surface area contributed by atoms with E-state index in [1.165, 1.54) is 0 Å². The maximum Gasteiger partial charge on any atom is 0.333 e. The molecule has 0 saturated carbocycles. The lowest BCUT2D eigenvalue weighted by molar-refractivity contribution is -0.150. The fraction of sp³-hybridized carbons (Fsp3) is 0.462. The minimum absolute atomic E-state index is 0.174. The Kier molecular flexibility index (Phi) is 5.49. The summed E-state index contributed by atoms with van der Waals surface area (Å²) in [7, 11) is 0. The van der Waals surface area contributed by atoms with Crippen LogP contribution in [0.15, 0.2) is 24.3 Å². The van der Waals surface area contributed by atoms with Gasteiger partial charge in [0.25, 0.3) is 0 Å². The molecule has 17 heavy (non-hydrogen) atoms. The van der Waals surface area contributed by atoms with Gasteiger partial charge in [-0.15, -0.1) is 0 Å². The average Bonchev–Trinajstić information content (AvgIpc) is 2.30. The third-order valence-electron chi connectivity index (χ3n) is 2.45. The van der Waals surface area contributed by atoms with Crippen molar-refractivity contribution in [1.82, 2.24) is 0 Å². The molecule has 0 aromatic heterocycles. The van der Waals surface area contributed by atoms with E-state index >= 15 is 0 Å². The molecule has 1 rings (SSSR count). The van der Waals surface area contributed by atoms with Crippen molar-refractivity contribution in [3.05, 3.63) is 29.8 Å². The first-order chi connectivity index (χ1) is 8.13. The largest absolute Gasteiger partial charge is 0.508 e. The maximum atomic E-state index is 11.0. The highest BCUT2D eigenvalue weighted by Gasteiger charge is 2.18. The van der Waals surface area contributed by atoms with Gasteiger partial charge in [-0.25, -0.2) is 4.79 Å². The van der Waals surface area contributed by atoms with Crippen LogP contribution in [-0.2, 0) is 16.0 Å². The van der Waals surface area contributed by atoms with Crippen LogP contribution < -0.4 is 0 Å². The lowest BCUT2D eigenvalue weighted by atomic mass is 10.1. The van der Waals surface area contributed by atoms with Gasteiger partial charge in [-0.2, -0.15) is 0 Å². The second-order valence-corrected chi connectivity index (χ2v) is 3.92. The number of carboxylic acid groups (broad SMARTS) is 1. The molecule has 1 aromatic rings. The van der Waals surface area contributed by atoms with Crippen LogP contribution in [-0.4, -0.2) is 28.9 Å². The summed E-state index contributed by atoms with van der Waals surface area (Å²) in [5.41, 5.74) is 0.840. The standard InChI is InChI=1S/C13H18O4/c1-2-3-8-17-12(13(15)16)9-10-4-6-11(14)7-5-10/h4-7,12,14H,2-3,8-9H2,1H3,(H,15,16)/t12-/m0/s1. The van der Waals surface area contributed by atoms with E-state index in [2.05, 4.69) is 0 Å². The normalized spacial score (nSPS) is 12.3. The summed E-state index contributed by atoms with van der Waals surface area (Å²) in [4.78, 5) is 11.0. The van der Waals surface area contributed by atoms with E-state index in [1.54, 1.807) is 24.3 Å². The zero-order valence-corrected chi connectivity index (χ0v) is 9.93. The van der Waals surface area contributed by atoms with Crippen molar-refractivity contribution in [2.24, 2.45) is 0 Å². The van der Waals surface area contributed by atoms with Gasteiger partial charge in [-0.05, 0) is 24.1 Å². The highest BCUT2D eigenvalue weighted by Crippen LogP contribution is 2.12. The van der Waals surface area contributed by atoms with Gasteiger partial charge >= 0.3 is 5.97 Å². The minimum atomic E-state index is -0.950. The number of unbranched alkanes of at least 4 members (excludes halogenated alkanes) is 1. The first-order valence-corrected chi connectivity index (χ1v) is 5.75. The summed E-state index contributed by atoms with van der Waals surface area (Å²) < 4.78 is 5.32. The second-order valence-electron chi connectivity index (χ2n) is 3.92. The number of carbonyl (C=O) groups is 1. The van der Waals surface area contributed by atoms with Gasteiger partial charge in [0, 0.05) is 13.0 Å². The van der Waals surface area contributed by atoms with Crippen molar-refractivity contribution in [2.45, 2.75) is 32.3 Å². The van der Waals surface area contributed by atoms with Crippen molar-refractivity contribution < 1.29 is 19.7 Å². The molecule has 1 aromatic carbocycles. The Balaban J connectivity index is 2.54. The Bertz CT molecular complexity index is 345. The van der Waals surface area contributed by atoms with E-state index in [1.807, 2.05) is 6.92 Å². The number of ether oxygens (including phenoxy) is 1. The molecule has 0 heterocycles. The molecule has 4 nitrogen and oxygen atoms in total. The maximum absolute atomic E-state index is 11.0. The topological polar surface area (TPSA) is 66.8 Å². The SMILES string of the molecule is CCCCO[C@@H](Cc1ccc(O)cc1)C(=O)O. The molecular formula is C13H18O4. The third kappa shape index (κ3) is 4.87. The molecule has 0 amide bonds. The van der Waals surface area contributed by atoms with Crippen LogP contribution in [0.1, 0.15) is 25.3 Å². The molecule has 0 aliphatic heterocycles. The van der Waals surface area contributed by atoms with E-state index in [0.29, 0.717) is 13.0 Å². The molecule has 2 N–H and O–H groups in total. The summed E-state index contributed by atoms with van der Waals surface area (Å²) in [5.74, 6) is -0.776. The number of phenolic OH excluding ortho intramolecular Hbond substituents is 1. The summed E-state index contributed by atoms with van der Waals surface area (Å²) in [6.45, 7) is 2.49. The quantitative estimate of drug-likeness (QED) is 0.715. The van der Waals surface area contributed by atoms with Gasteiger partial charge in [-0.1, -0.05) is 25.5 Å². The van der Waals surface area contributed by atoms with Crippen LogP contribution in [0.2, 0.25) is 0 Å². The zero-order valence-electron chi connectivity index (χ0n) is 9.93. The highest BCUT2D eigenvalue weighted by atomic mass is 16.5. The van der Waals surface area contributed by atoms with Gasteiger partial charge in [-0.3, -0.25) is 0 Å². The van der Waals surface area contributed by atoms with E-state index in [4.69, 9.17) is 14.9 Å². The number of hydrogen-bond donors (Lipinski definition) is 2. The molecule has 94 valence electrons. The van der Waals surface area contributed by atoms with Crippen LogP contribution in [0.25, 0.3) is 0 Å². The predicted octanol–water partition coefficient (Wildman–Crippen LogP) is 2.20. The monoisotopic (exact) mass is 238 g/mol. The molecule has 0 unspecified atom stereocenters. The predicted molar refractivity (Wildman–Crippen MR) is 64.1 cm³/mol. The Hall–Kier alpha value is -1.55. The number of benzene rings is 1. The van der Waals surface area contributed by atoms with Gasteiger partial charge in [0.05, 0.1) is 0 Å². The second kappa shape index (κ2) is 6.91. The van der Waals surface area contributed by atoms with Crippen LogP contribution in [0, 0.1) is 0 Å². The fourth-order valence-electron chi connectivity index (χ4n) is 1.43. The number of carboxylic acids is 1. The molecule has 0 bridgehead atoms. The summed E-state index contributed by atoms with van der Waals surface area (Å²) in [5, 5.41) is 18.1. The first kappa shape index (κ1) is 13.5. The van der Waals surface area contributed by atoms with Crippen molar-refractivity contribution in [3.63, 3.8) is 0 Å². The van der Waals surface area contributed by atoms with Crippen LogP contribution in [0.4, 0.5) is 0 Å². The van der Waals surface area contributed by atoms with Crippen molar-refractivity contribution in [2.75, 3.05) is 6.61 Å². The minimum Gasteiger partial charge on any atom is -0.508 e. The lowest BCUT2D eigenvalue weighted by Gasteiger charge is -2.13. The van der Waals surface area contributed by atoms with Crippen LogP contribution >= 0.6 is 0 Å². The van der Waals surface area contributed by atoms with E-state index in [0.717, 1.165) is 18.4 Å². The molecule has 4 heteroatoms. The molecule has 0 aliphatic rings. The molecule has 0 saturated heterocycles. The van der Waals surface area contributed by atoms with Crippen molar-refractivity contribution in [3.8, 4) is 5.75 Å². The van der Waals surface area contributed by atoms with E-state index in [9.17, 15) is 4.79 Å². The lowest BCUT2D eigenvalue weighted by Crippen LogP contribution is -2.26. The Morgan fingerprint density at radius 1 is 1.35 bits per heavy atom. The average molecular weight is 238 g/mol. The van der Waals surface area contributed by atoms with Crippen LogP contribution in [0.3, 0.4) is 0 Å².